The molecular formula is C14H25BrF3N4O4+. The van der Waals surface area contributed by atoms with Crippen LogP contribution in [0.25, 0.3) is 0 Å². The van der Waals surface area contributed by atoms with Gasteiger partial charge in [0.15, 0.2) is 6.04 Å². The van der Waals surface area contributed by atoms with Crippen LogP contribution in [-0.4, -0.2) is 60.2 Å². The van der Waals surface area contributed by atoms with E-state index in [1.165, 1.54) is 0 Å². The highest BCUT2D eigenvalue weighted by Crippen LogP contribution is 2.08. The quantitative estimate of drug-likeness (QED) is 0.221. The minimum absolute atomic E-state index is 0.247. The first kappa shape index (κ1) is 26.5. The molecule has 0 spiro atoms. The van der Waals surface area contributed by atoms with E-state index in [0.29, 0.717) is 6.54 Å². The molecule has 26 heavy (non-hydrogen) atoms. The molecule has 0 aromatic heterocycles. The number of rotatable bonds is 8. The van der Waals surface area contributed by atoms with Gasteiger partial charge >= 0.3 is 6.18 Å². The maximum absolute atomic E-state index is 11.8. The summed E-state index contributed by atoms with van der Waals surface area (Å²) >= 11 is 3.26. The summed E-state index contributed by atoms with van der Waals surface area (Å²) in [5.41, 5.74) is 3.57. The Morgan fingerprint density at radius 2 is 1.46 bits per heavy atom. The summed E-state index contributed by atoms with van der Waals surface area (Å²) in [6, 6.07) is -1.78. The second-order valence-corrected chi connectivity index (χ2v) is 6.15. The van der Waals surface area contributed by atoms with Crippen LogP contribution >= 0.6 is 15.9 Å². The molecule has 0 aliphatic carbocycles. The Hall–Kier alpha value is -1.69. The van der Waals surface area contributed by atoms with E-state index >= 15 is 0 Å². The first-order chi connectivity index (χ1) is 11.9. The SMILES string of the molecule is C[C@H]([NH3+])C(=O)N[C@@H](C)C(=O)N[C@@H](C)C(=O)NCCCBr.O=CC(F)(F)F. The van der Waals surface area contributed by atoms with Crippen molar-refractivity contribution in [3.05, 3.63) is 0 Å². The first-order valence-electron chi connectivity index (χ1n) is 7.66. The van der Waals surface area contributed by atoms with Crippen LogP contribution in [0.4, 0.5) is 13.2 Å². The fourth-order valence-corrected chi connectivity index (χ4v) is 1.54. The minimum atomic E-state index is -4.64. The Morgan fingerprint density at radius 1 is 1.04 bits per heavy atom. The van der Waals surface area contributed by atoms with Crippen LogP contribution in [0.1, 0.15) is 27.2 Å². The molecule has 0 aromatic rings. The largest absolute Gasteiger partial charge is 0.446 e. The van der Waals surface area contributed by atoms with Crippen molar-refractivity contribution < 1.29 is 38.1 Å². The fourth-order valence-electron chi connectivity index (χ4n) is 1.26. The molecule has 6 N–H and O–H groups in total. The third kappa shape index (κ3) is 14.6. The number of nitrogens with one attached hydrogen (secondary N) is 3. The Kier molecular flexibility index (Phi) is 13.8. The summed E-state index contributed by atoms with van der Waals surface area (Å²) in [7, 11) is 0. The van der Waals surface area contributed by atoms with Gasteiger partial charge in [0.2, 0.25) is 18.1 Å². The molecule has 152 valence electrons. The van der Waals surface area contributed by atoms with Gasteiger partial charge in [-0.2, -0.15) is 13.2 Å². The van der Waals surface area contributed by atoms with Crippen molar-refractivity contribution in [1.82, 2.24) is 16.0 Å². The minimum Gasteiger partial charge on any atom is -0.354 e. The first-order valence-corrected chi connectivity index (χ1v) is 8.78. The molecule has 0 saturated heterocycles. The van der Waals surface area contributed by atoms with Gasteiger partial charge in [-0.25, -0.2) is 0 Å². The molecule has 0 aliphatic rings. The molecule has 0 heterocycles. The van der Waals surface area contributed by atoms with Crippen molar-refractivity contribution in [3.63, 3.8) is 0 Å². The molecule has 8 nitrogen and oxygen atoms in total. The summed E-state index contributed by atoms with van der Waals surface area (Å²) in [5, 5.41) is 8.59. The summed E-state index contributed by atoms with van der Waals surface area (Å²) in [6.45, 7) is 5.35. The molecule has 0 radical (unpaired) electrons. The second-order valence-electron chi connectivity index (χ2n) is 5.35. The number of hydrogen-bond acceptors (Lipinski definition) is 4. The highest BCUT2D eigenvalue weighted by molar-refractivity contribution is 9.09. The van der Waals surface area contributed by atoms with Crippen LogP contribution in [0.5, 0.6) is 0 Å². The van der Waals surface area contributed by atoms with Crippen molar-refractivity contribution in [2.75, 3.05) is 11.9 Å². The molecular weight excluding hydrogens is 425 g/mol. The Bertz CT molecular complexity index is 476. The average Bonchev–Trinajstić information content (AvgIpc) is 2.54. The second kappa shape index (κ2) is 13.5. The van der Waals surface area contributed by atoms with Crippen molar-refractivity contribution >= 4 is 39.9 Å². The molecule has 0 saturated carbocycles. The number of amides is 3. The van der Waals surface area contributed by atoms with Crippen molar-refractivity contribution in [2.45, 2.75) is 51.5 Å². The zero-order chi connectivity index (χ0) is 20.9. The van der Waals surface area contributed by atoms with E-state index in [2.05, 4.69) is 37.6 Å². The monoisotopic (exact) mass is 449 g/mol. The molecule has 0 unspecified atom stereocenters. The van der Waals surface area contributed by atoms with E-state index < -0.39 is 36.5 Å². The number of aldehydes is 1. The predicted molar refractivity (Wildman–Crippen MR) is 91.1 cm³/mol. The van der Waals surface area contributed by atoms with Gasteiger partial charge in [0, 0.05) is 11.9 Å². The summed E-state index contributed by atoms with van der Waals surface area (Å²) < 4.78 is 31.2. The maximum atomic E-state index is 11.8. The predicted octanol–water partition coefficient (Wildman–Crippen LogP) is -0.725. The number of hydrogen-bond donors (Lipinski definition) is 4. The van der Waals surface area contributed by atoms with E-state index in [-0.39, 0.29) is 11.8 Å². The van der Waals surface area contributed by atoms with E-state index in [1.807, 2.05) is 0 Å². The van der Waals surface area contributed by atoms with Gasteiger partial charge in [0.1, 0.15) is 12.1 Å². The number of alkyl halides is 4. The van der Waals surface area contributed by atoms with E-state index in [4.69, 9.17) is 4.79 Å². The Labute approximate surface area is 157 Å². The molecule has 0 aromatic carbocycles. The van der Waals surface area contributed by atoms with Crippen molar-refractivity contribution in [3.8, 4) is 0 Å². The highest BCUT2D eigenvalue weighted by atomic mass is 79.9. The number of carbonyl (C=O) groups is 4. The third-order valence-electron chi connectivity index (χ3n) is 2.69. The smallest absolute Gasteiger partial charge is 0.354 e. The zero-order valence-electron chi connectivity index (χ0n) is 14.8. The van der Waals surface area contributed by atoms with Gasteiger partial charge in [0.05, 0.1) is 0 Å². The van der Waals surface area contributed by atoms with Crippen molar-refractivity contribution in [1.29, 1.82) is 0 Å². The lowest BCUT2D eigenvalue weighted by atomic mass is 10.2. The molecule has 0 bridgehead atoms. The number of halogens is 4. The van der Waals surface area contributed by atoms with Gasteiger partial charge in [-0.05, 0) is 27.2 Å². The molecule has 0 aliphatic heterocycles. The average molecular weight is 450 g/mol. The van der Waals surface area contributed by atoms with Crippen LogP contribution in [0, 0.1) is 0 Å². The molecule has 12 heteroatoms. The number of quaternary nitrogens is 1. The molecule has 3 atom stereocenters. The lowest BCUT2D eigenvalue weighted by molar-refractivity contribution is -0.398. The standard InChI is InChI=1S/C12H23BrN4O3.C2HF3O/c1-7(14)10(18)16-9(3)12(20)17-8(2)11(19)15-6-4-5-13;3-2(4,5)1-6/h7-9H,4-6,14H2,1-3H3,(H,15,19)(H,16,18)(H,17,20);1H/p+1/t7-,8-,9-;/m0./s1. The molecule has 3 amide bonds. The summed E-state index contributed by atoms with van der Waals surface area (Å²) in [4.78, 5) is 43.6. The van der Waals surface area contributed by atoms with Crippen LogP contribution in [0.3, 0.4) is 0 Å². The van der Waals surface area contributed by atoms with Gasteiger partial charge in [-0.3, -0.25) is 19.2 Å². The van der Waals surface area contributed by atoms with Crippen molar-refractivity contribution in [2.24, 2.45) is 0 Å². The van der Waals surface area contributed by atoms with Gasteiger partial charge in [0.25, 0.3) is 5.91 Å². The highest BCUT2D eigenvalue weighted by Gasteiger charge is 2.25. The van der Waals surface area contributed by atoms with E-state index in [0.717, 1.165) is 11.8 Å². The lowest BCUT2D eigenvalue weighted by Gasteiger charge is -2.18. The molecule has 0 rings (SSSR count). The van der Waals surface area contributed by atoms with Crippen LogP contribution in [0.15, 0.2) is 0 Å². The van der Waals surface area contributed by atoms with E-state index in [1.54, 1.807) is 20.8 Å². The fraction of sp³-hybridized carbons (Fsp3) is 0.714. The maximum Gasteiger partial charge on any atom is 0.446 e. The normalized spacial score (nSPS) is 14.0. The zero-order valence-corrected chi connectivity index (χ0v) is 16.4. The molecule has 0 fully saturated rings. The van der Waals surface area contributed by atoms with Crippen LogP contribution in [0.2, 0.25) is 0 Å². The van der Waals surface area contributed by atoms with E-state index in [9.17, 15) is 27.6 Å². The third-order valence-corrected chi connectivity index (χ3v) is 3.26. The number of carbonyl (C=O) groups excluding carboxylic acids is 4. The van der Waals surface area contributed by atoms with Gasteiger partial charge < -0.3 is 21.7 Å². The van der Waals surface area contributed by atoms with Crippen LogP contribution in [-0.2, 0) is 19.2 Å². The van der Waals surface area contributed by atoms with Crippen LogP contribution < -0.4 is 21.7 Å². The summed E-state index contributed by atoms with van der Waals surface area (Å²) in [6.07, 6.45) is -4.88. The Balaban J connectivity index is 0. The Morgan fingerprint density at radius 3 is 1.85 bits per heavy atom. The summed E-state index contributed by atoms with van der Waals surface area (Å²) in [5.74, 6) is -0.951. The topological polar surface area (TPSA) is 132 Å². The lowest BCUT2D eigenvalue weighted by Crippen LogP contribution is -2.67. The van der Waals surface area contributed by atoms with Gasteiger partial charge in [-0.15, -0.1) is 0 Å². The van der Waals surface area contributed by atoms with Gasteiger partial charge in [-0.1, -0.05) is 15.9 Å².